The van der Waals surface area contributed by atoms with Crippen molar-refractivity contribution in [2.75, 3.05) is 13.6 Å². The Morgan fingerprint density at radius 1 is 1.41 bits per heavy atom. The van der Waals surface area contributed by atoms with Gasteiger partial charge < -0.3 is 10.1 Å². The summed E-state index contributed by atoms with van der Waals surface area (Å²) in [5.74, 6) is 0. The number of hydrogen-bond acceptors (Lipinski definition) is 3. The fourth-order valence-corrected chi connectivity index (χ4v) is 2.95. The first-order valence-corrected chi connectivity index (χ1v) is 6.57. The van der Waals surface area contributed by atoms with Gasteiger partial charge >= 0.3 is 6.09 Å². The van der Waals surface area contributed by atoms with Gasteiger partial charge in [0.2, 0.25) is 0 Å². The summed E-state index contributed by atoms with van der Waals surface area (Å²) in [6.45, 7) is 6.60. The van der Waals surface area contributed by atoms with Crippen molar-refractivity contribution in [3.63, 3.8) is 0 Å². The molecule has 2 atom stereocenters. The molecule has 0 radical (unpaired) electrons. The predicted molar refractivity (Wildman–Crippen MR) is 67.0 cm³/mol. The normalized spacial score (nSPS) is 32.7. The average molecular weight is 240 g/mol. The molecular weight excluding hydrogens is 216 g/mol. The maximum absolute atomic E-state index is 12.0. The summed E-state index contributed by atoms with van der Waals surface area (Å²) < 4.78 is 5.44. The van der Waals surface area contributed by atoms with Crippen LogP contribution in [0.2, 0.25) is 0 Å². The van der Waals surface area contributed by atoms with Crippen LogP contribution in [0.25, 0.3) is 0 Å². The average Bonchev–Trinajstić information content (AvgIpc) is 2.92. The van der Waals surface area contributed by atoms with E-state index in [1.54, 1.807) is 0 Å². The highest BCUT2D eigenvalue weighted by molar-refractivity contribution is 5.73. The lowest BCUT2D eigenvalue weighted by Gasteiger charge is -2.32. The smallest absolute Gasteiger partial charge is 0.410 e. The number of amides is 1. The summed E-state index contributed by atoms with van der Waals surface area (Å²) in [7, 11) is 1.99. The van der Waals surface area contributed by atoms with Crippen molar-refractivity contribution in [3.8, 4) is 0 Å². The molecule has 0 aromatic heterocycles. The molecule has 2 fully saturated rings. The Morgan fingerprint density at radius 3 is 2.71 bits per heavy atom. The zero-order valence-electron chi connectivity index (χ0n) is 11.4. The number of carbonyl (C=O) groups excluding carboxylic acids is 1. The highest BCUT2D eigenvalue weighted by Crippen LogP contribution is 2.45. The summed E-state index contributed by atoms with van der Waals surface area (Å²) in [6.07, 6.45) is 4.60. The van der Waals surface area contributed by atoms with E-state index in [9.17, 15) is 4.79 Å². The molecule has 1 aliphatic heterocycles. The number of likely N-dealkylation sites (N-methyl/N-ethyl adjacent to an activating group) is 1. The van der Waals surface area contributed by atoms with E-state index in [0.717, 1.165) is 19.4 Å². The first-order chi connectivity index (χ1) is 7.89. The fourth-order valence-electron chi connectivity index (χ4n) is 2.95. The van der Waals surface area contributed by atoms with Gasteiger partial charge in [-0.3, -0.25) is 4.90 Å². The zero-order chi connectivity index (χ0) is 12.7. The van der Waals surface area contributed by atoms with Gasteiger partial charge in [0, 0.05) is 12.6 Å². The van der Waals surface area contributed by atoms with Gasteiger partial charge in [0.25, 0.3) is 0 Å². The van der Waals surface area contributed by atoms with Crippen molar-refractivity contribution in [1.29, 1.82) is 0 Å². The highest BCUT2D eigenvalue weighted by Gasteiger charge is 2.60. The summed E-state index contributed by atoms with van der Waals surface area (Å²) in [4.78, 5) is 13.9. The zero-order valence-corrected chi connectivity index (χ0v) is 11.4. The second kappa shape index (κ2) is 4.16. The van der Waals surface area contributed by atoms with Crippen molar-refractivity contribution in [2.45, 2.75) is 63.6 Å². The molecule has 0 bridgehead atoms. The van der Waals surface area contributed by atoms with E-state index in [1.165, 1.54) is 12.8 Å². The molecule has 1 aliphatic carbocycles. The number of carbonyl (C=O) groups is 1. The van der Waals surface area contributed by atoms with Crippen LogP contribution >= 0.6 is 0 Å². The van der Waals surface area contributed by atoms with Gasteiger partial charge in [0.15, 0.2) is 0 Å². The van der Waals surface area contributed by atoms with Gasteiger partial charge in [-0.05, 0) is 40.7 Å². The molecule has 1 saturated carbocycles. The third kappa shape index (κ3) is 2.41. The summed E-state index contributed by atoms with van der Waals surface area (Å²) >= 11 is 0. The Balaban J connectivity index is 1.99. The van der Waals surface area contributed by atoms with Crippen molar-refractivity contribution in [1.82, 2.24) is 10.2 Å². The molecule has 1 N–H and O–H groups in total. The van der Waals surface area contributed by atoms with E-state index in [-0.39, 0.29) is 11.6 Å². The molecule has 1 heterocycles. The molecule has 4 nitrogen and oxygen atoms in total. The van der Waals surface area contributed by atoms with Gasteiger partial charge in [-0.2, -0.15) is 0 Å². The van der Waals surface area contributed by atoms with E-state index in [0.29, 0.717) is 6.04 Å². The number of hydrogen-bond donors (Lipinski definition) is 1. The van der Waals surface area contributed by atoms with Crippen molar-refractivity contribution >= 4 is 6.09 Å². The minimum Gasteiger partial charge on any atom is -0.444 e. The minimum atomic E-state index is -0.398. The molecule has 1 spiro atoms. The Kier molecular flexibility index (Phi) is 3.10. The van der Waals surface area contributed by atoms with Crippen LogP contribution in [0, 0.1) is 0 Å². The van der Waals surface area contributed by atoms with E-state index in [4.69, 9.17) is 4.74 Å². The Morgan fingerprint density at radius 2 is 2.12 bits per heavy atom. The monoisotopic (exact) mass is 240 g/mol. The standard InChI is InChI=1S/C13H24N2O2/c1-12(2,3)17-11(16)15-9-13(15)8-6-5-7-10(13)14-4/h10,14H,5-9H2,1-4H3/t10-,13-,15?/m1/s1. The quantitative estimate of drug-likeness (QED) is 0.714. The van der Waals surface area contributed by atoms with E-state index < -0.39 is 5.60 Å². The molecule has 17 heavy (non-hydrogen) atoms. The lowest BCUT2D eigenvalue weighted by atomic mass is 9.84. The maximum Gasteiger partial charge on any atom is 0.410 e. The Bertz CT molecular complexity index is 311. The van der Waals surface area contributed by atoms with Crippen LogP contribution in [-0.4, -0.2) is 41.8 Å². The number of nitrogens with one attached hydrogen (secondary N) is 1. The van der Waals surface area contributed by atoms with Crippen LogP contribution in [0.5, 0.6) is 0 Å². The van der Waals surface area contributed by atoms with Crippen LogP contribution < -0.4 is 5.32 Å². The maximum atomic E-state index is 12.0. The Labute approximate surface area is 104 Å². The number of nitrogens with zero attached hydrogens (tertiary/aromatic N) is 1. The van der Waals surface area contributed by atoms with Crippen LogP contribution in [0.1, 0.15) is 46.5 Å². The fraction of sp³-hybridized carbons (Fsp3) is 0.923. The van der Waals surface area contributed by atoms with Gasteiger partial charge in [0.05, 0.1) is 5.54 Å². The summed E-state index contributed by atoms with van der Waals surface area (Å²) in [6, 6.07) is 0.434. The van der Waals surface area contributed by atoms with Crippen LogP contribution in [-0.2, 0) is 4.74 Å². The molecule has 2 rings (SSSR count). The second-order valence-electron chi connectivity index (χ2n) is 6.26. The van der Waals surface area contributed by atoms with Gasteiger partial charge in [-0.15, -0.1) is 0 Å². The van der Waals surface area contributed by atoms with Crippen LogP contribution in [0.4, 0.5) is 4.79 Å². The topological polar surface area (TPSA) is 41.3 Å². The summed E-state index contributed by atoms with van der Waals surface area (Å²) in [5.41, 5.74) is -0.347. The predicted octanol–water partition coefficient (Wildman–Crippen LogP) is 2.14. The third-order valence-electron chi connectivity index (χ3n) is 3.83. The highest BCUT2D eigenvalue weighted by atomic mass is 16.6. The molecule has 0 aromatic rings. The molecule has 1 saturated heterocycles. The second-order valence-corrected chi connectivity index (χ2v) is 6.26. The number of ether oxygens (including phenoxy) is 1. The van der Waals surface area contributed by atoms with E-state index >= 15 is 0 Å². The molecule has 0 aromatic carbocycles. The first kappa shape index (κ1) is 12.7. The largest absolute Gasteiger partial charge is 0.444 e. The molecule has 1 amide bonds. The number of rotatable bonds is 1. The third-order valence-corrected chi connectivity index (χ3v) is 3.83. The minimum absolute atomic E-state index is 0.0509. The lowest BCUT2D eigenvalue weighted by Crippen LogP contribution is -2.47. The lowest BCUT2D eigenvalue weighted by molar-refractivity contribution is 0.0351. The SMILES string of the molecule is CN[C@@H]1CCCC[C@@]12CN2C(=O)OC(C)(C)C. The van der Waals surface area contributed by atoms with Crippen molar-refractivity contribution < 1.29 is 9.53 Å². The van der Waals surface area contributed by atoms with E-state index in [2.05, 4.69) is 5.32 Å². The summed E-state index contributed by atoms with van der Waals surface area (Å²) in [5, 5.41) is 3.35. The van der Waals surface area contributed by atoms with E-state index in [1.807, 2.05) is 32.7 Å². The molecule has 2 aliphatic rings. The van der Waals surface area contributed by atoms with Crippen LogP contribution in [0.15, 0.2) is 0 Å². The molecule has 0 unspecified atom stereocenters. The van der Waals surface area contributed by atoms with Gasteiger partial charge in [0.1, 0.15) is 5.60 Å². The molecule has 4 heteroatoms. The van der Waals surface area contributed by atoms with Crippen LogP contribution in [0.3, 0.4) is 0 Å². The van der Waals surface area contributed by atoms with Gasteiger partial charge in [-0.1, -0.05) is 12.8 Å². The Hall–Kier alpha value is -0.770. The van der Waals surface area contributed by atoms with Crippen molar-refractivity contribution in [3.05, 3.63) is 0 Å². The van der Waals surface area contributed by atoms with Gasteiger partial charge in [-0.25, -0.2) is 4.79 Å². The van der Waals surface area contributed by atoms with Crippen molar-refractivity contribution in [2.24, 2.45) is 0 Å². The molecular formula is C13H24N2O2. The first-order valence-electron chi connectivity index (χ1n) is 6.57. The molecule has 98 valence electrons.